The topological polar surface area (TPSA) is 48.5 Å². The van der Waals surface area contributed by atoms with Crippen molar-refractivity contribution in [2.45, 2.75) is 0 Å². The van der Waals surface area contributed by atoms with Crippen molar-refractivity contribution in [3.8, 4) is 78.9 Å². The Morgan fingerprint density at radius 2 is 0.721 bits per heavy atom. The number of fused-ring (bicyclic) bond motifs is 7. The summed E-state index contributed by atoms with van der Waals surface area (Å²) in [5.74, 6) is 1.76. The van der Waals surface area contributed by atoms with Crippen molar-refractivity contribution in [3.63, 3.8) is 0 Å². The van der Waals surface area contributed by atoms with E-state index in [9.17, 15) is 0 Å². The van der Waals surface area contributed by atoms with Crippen LogP contribution in [0.2, 0.25) is 0 Å². The summed E-state index contributed by atoms with van der Waals surface area (Å²) in [6.45, 7) is 0. The van der Waals surface area contributed by atoms with E-state index in [2.05, 4.69) is 234 Å². The first-order chi connectivity index (χ1) is 33.7. The molecule has 68 heavy (non-hydrogen) atoms. The van der Waals surface area contributed by atoms with Crippen LogP contribution in [-0.2, 0) is 0 Å². The van der Waals surface area contributed by atoms with E-state index in [4.69, 9.17) is 15.0 Å². The molecule has 3 heterocycles. The summed E-state index contributed by atoms with van der Waals surface area (Å²) in [7, 11) is 0. The molecule has 13 aromatic rings. The van der Waals surface area contributed by atoms with E-state index in [0.29, 0.717) is 17.6 Å². The van der Waals surface area contributed by atoms with Crippen LogP contribution < -0.4 is 0 Å². The number of nitrogens with zero attached hydrogens (tertiary/aromatic N) is 5. The van der Waals surface area contributed by atoms with Gasteiger partial charge in [-0.15, -0.1) is 0 Å². The fourth-order valence-corrected chi connectivity index (χ4v) is 10.1. The van der Waals surface area contributed by atoms with Crippen LogP contribution in [0.3, 0.4) is 0 Å². The highest BCUT2D eigenvalue weighted by molar-refractivity contribution is 6.26. The number of hydrogen-bond acceptors (Lipinski definition) is 3. The molecule has 318 valence electrons. The van der Waals surface area contributed by atoms with Gasteiger partial charge >= 0.3 is 0 Å². The number of aromatic nitrogens is 5. The van der Waals surface area contributed by atoms with Crippen molar-refractivity contribution in [2.24, 2.45) is 0 Å². The van der Waals surface area contributed by atoms with E-state index in [0.717, 1.165) is 83.0 Å². The summed E-state index contributed by atoms with van der Waals surface area (Å²) < 4.78 is 4.76. The lowest BCUT2D eigenvalue weighted by atomic mass is 9.93. The average molecular weight is 868 g/mol. The molecule has 0 saturated heterocycles. The van der Waals surface area contributed by atoms with Gasteiger partial charge in [0.05, 0.1) is 27.8 Å². The van der Waals surface area contributed by atoms with Crippen LogP contribution in [0.25, 0.3) is 123 Å². The van der Waals surface area contributed by atoms with Gasteiger partial charge in [0, 0.05) is 43.8 Å². The molecule has 13 rings (SSSR count). The van der Waals surface area contributed by atoms with Crippen LogP contribution in [0.1, 0.15) is 0 Å². The van der Waals surface area contributed by atoms with Crippen LogP contribution in [0, 0.1) is 0 Å². The summed E-state index contributed by atoms with van der Waals surface area (Å²) >= 11 is 0. The minimum Gasteiger partial charge on any atom is -0.307 e. The molecule has 0 amide bonds. The molecule has 3 aromatic heterocycles. The molecule has 0 aliphatic heterocycles. The number of hydrogen-bond donors (Lipinski definition) is 0. The minimum atomic E-state index is 0.551. The summed E-state index contributed by atoms with van der Waals surface area (Å²) in [6.07, 6.45) is 0. The Labute approximate surface area is 393 Å². The van der Waals surface area contributed by atoms with Gasteiger partial charge < -0.3 is 4.57 Å². The molecule has 0 aliphatic carbocycles. The molecular formula is C63H41N5. The first-order valence-corrected chi connectivity index (χ1v) is 23.0. The largest absolute Gasteiger partial charge is 0.307 e. The van der Waals surface area contributed by atoms with Crippen LogP contribution in [0.5, 0.6) is 0 Å². The Balaban J connectivity index is 1.12. The highest BCUT2D eigenvalue weighted by atomic mass is 15.2. The average Bonchev–Trinajstić information content (AvgIpc) is 3.94. The molecule has 5 heteroatoms. The second kappa shape index (κ2) is 16.4. The standard InChI is InChI=1S/C63H41N5/c1-5-20-42(21-6-1)46-28-17-30-48(40-46)51-35-19-34-50(44-24-9-3-10-25-44)59(51)68-55-36-15-13-32-52(55)53-38-39-57-58(60(53)68)54-33-14-16-37-56(54)67(57)63-65-61(45-26-11-4-12-27-45)64-62(66-63)49-31-18-29-47(41-49)43-22-7-2-8-23-43/h1-41H. The zero-order valence-electron chi connectivity index (χ0n) is 36.9. The fraction of sp³-hybridized carbons (Fsp3) is 0. The summed E-state index contributed by atoms with van der Waals surface area (Å²) in [5, 5.41) is 4.58. The van der Waals surface area contributed by atoms with Gasteiger partial charge in [-0.05, 0) is 63.7 Å². The first kappa shape index (κ1) is 39.2. The lowest BCUT2D eigenvalue weighted by Gasteiger charge is -2.20. The van der Waals surface area contributed by atoms with E-state index >= 15 is 0 Å². The highest BCUT2D eigenvalue weighted by Gasteiger charge is 2.25. The number of para-hydroxylation sites is 3. The quantitative estimate of drug-likeness (QED) is 0.153. The SMILES string of the molecule is c1ccc(-c2cccc(-c3nc(-c4ccccc4)nc(-n4c5ccccc5c5c4ccc4c6ccccc6n(-c6c(-c7ccccc7)cccc6-c6cccc(-c7ccccc7)c6)c45)n3)c2)cc1. The maximum atomic E-state index is 5.38. The molecule has 5 nitrogen and oxygen atoms in total. The Morgan fingerprint density at radius 3 is 1.37 bits per heavy atom. The second-order valence-corrected chi connectivity index (χ2v) is 17.2. The predicted octanol–water partition coefficient (Wildman–Crippen LogP) is 16.1. The van der Waals surface area contributed by atoms with Crippen LogP contribution >= 0.6 is 0 Å². The van der Waals surface area contributed by atoms with Gasteiger partial charge in [0.2, 0.25) is 5.95 Å². The van der Waals surface area contributed by atoms with E-state index in [-0.39, 0.29) is 0 Å². The van der Waals surface area contributed by atoms with Crippen molar-refractivity contribution in [1.29, 1.82) is 0 Å². The third-order valence-electron chi connectivity index (χ3n) is 13.2. The first-order valence-electron chi connectivity index (χ1n) is 23.0. The van der Waals surface area contributed by atoms with E-state index in [1.165, 1.54) is 21.9 Å². The molecule has 0 fully saturated rings. The van der Waals surface area contributed by atoms with Gasteiger partial charge in [-0.25, -0.2) is 4.98 Å². The Bertz CT molecular complexity index is 4010. The van der Waals surface area contributed by atoms with Gasteiger partial charge in [0.15, 0.2) is 11.6 Å². The van der Waals surface area contributed by atoms with Gasteiger partial charge in [-0.1, -0.05) is 218 Å². The summed E-state index contributed by atoms with van der Waals surface area (Å²) in [5.41, 5.74) is 16.4. The second-order valence-electron chi connectivity index (χ2n) is 17.2. The van der Waals surface area contributed by atoms with Crippen LogP contribution in [0.4, 0.5) is 0 Å². The number of benzene rings is 10. The van der Waals surface area contributed by atoms with Crippen molar-refractivity contribution < 1.29 is 0 Å². The molecule has 0 radical (unpaired) electrons. The van der Waals surface area contributed by atoms with Crippen molar-refractivity contribution in [3.05, 3.63) is 249 Å². The maximum absolute atomic E-state index is 5.38. The maximum Gasteiger partial charge on any atom is 0.238 e. The molecule has 0 N–H and O–H groups in total. The predicted molar refractivity (Wildman–Crippen MR) is 281 cm³/mol. The highest BCUT2D eigenvalue weighted by Crippen LogP contribution is 2.46. The monoisotopic (exact) mass is 867 g/mol. The smallest absolute Gasteiger partial charge is 0.238 e. The third kappa shape index (κ3) is 6.59. The molecule has 0 unspecified atom stereocenters. The molecule has 0 saturated carbocycles. The van der Waals surface area contributed by atoms with Crippen molar-refractivity contribution in [2.75, 3.05) is 0 Å². The van der Waals surface area contributed by atoms with Gasteiger partial charge in [0.1, 0.15) is 0 Å². The van der Waals surface area contributed by atoms with Gasteiger partial charge in [-0.3, -0.25) is 4.57 Å². The van der Waals surface area contributed by atoms with E-state index in [1.807, 2.05) is 24.3 Å². The Hall–Kier alpha value is -9.19. The van der Waals surface area contributed by atoms with Gasteiger partial charge in [-0.2, -0.15) is 9.97 Å². The minimum absolute atomic E-state index is 0.551. The van der Waals surface area contributed by atoms with Crippen molar-refractivity contribution >= 4 is 43.6 Å². The molecule has 0 aliphatic rings. The van der Waals surface area contributed by atoms with Crippen LogP contribution in [-0.4, -0.2) is 24.1 Å². The lowest BCUT2D eigenvalue weighted by molar-refractivity contribution is 0.953. The van der Waals surface area contributed by atoms with E-state index < -0.39 is 0 Å². The third-order valence-corrected chi connectivity index (χ3v) is 13.2. The number of rotatable bonds is 8. The van der Waals surface area contributed by atoms with Crippen LogP contribution in [0.15, 0.2) is 249 Å². The zero-order valence-corrected chi connectivity index (χ0v) is 36.9. The Kier molecular flexibility index (Phi) is 9.43. The lowest BCUT2D eigenvalue weighted by Crippen LogP contribution is -2.06. The van der Waals surface area contributed by atoms with Gasteiger partial charge in [0.25, 0.3) is 0 Å². The molecular weight excluding hydrogens is 827 g/mol. The normalized spacial score (nSPS) is 11.5. The molecule has 0 atom stereocenters. The molecule has 0 bridgehead atoms. The summed E-state index contributed by atoms with van der Waals surface area (Å²) in [4.78, 5) is 15.9. The fourth-order valence-electron chi connectivity index (χ4n) is 10.1. The Morgan fingerprint density at radius 1 is 0.265 bits per heavy atom. The summed E-state index contributed by atoms with van der Waals surface area (Å²) in [6, 6.07) is 88.3. The molecule has 10 aromatic carbocycles. The van der Waals surface area contributed by atoms with E-state index in [1.54, 1.807) is 0 Å². The van der Waals surface area contributed by atoms with Crippen molar-refractivity contribution in [1.82, 2.24) is 24.1 Å². The zero-order chi connectivity index (χ0) is 45.0. The molecule has 0 spiro atoms.